The summed E-state index contributed by atoms with van der Waals surface area (Å²) in [6.07, 6.45) is 0. The molecule has 1 fully saturated rings. The quantitative estimate of drug-likeness (QED) is 0.459. The number of rotatable bonds is 6. The van der Waals surface area contributed by atoms with Crippen LogP contribution in [0.3, 0.4) is 0 Å². The maximum Gasteiger partial charge on any atom is 0.258 e. The molecule has 0 saturated carbocycles. The van der Waals surface area contributed by atoms with Gasteiger partial charge in [0, 0.05) is 55.7 Å². The molecule has 3 aliphatic rings. The zero-order valence-electron chi connectivity index (χ0n) is 22.4. The molecule has 2 N–H and O–H groups in total. The maximum absolute atomic E-state index is 13.9. The van der Waals surface area contributed by atoms with Gasteiger partial charge in [-0.2, -0.15) is 0 Å². The Morgan fingerprint density at radius 3 is 2.52 bits per heavy atom. The van der Waals surface area contributed by atoms with Crippen LogP contribution in [0, 0.1) is 5.82 Å². The van der Waals surface area contributed by atoms with Crippen LogP contribution in [0.15, 0.2) is 60.7 Å². The summed E-state index contributed by atoms with van der Waals surface area (Å²) >= 11 is 0. The van der Waals surface area contributed by atoms with E-state index in [0.717, 1.165) is 31.9 Å². The second-order valence-corrected chi connectivity index (χ2v) is 10.2. The highest BCUT2D eigenvalue weighted by molar-refractivity contribution is 6.37. The first-order chi connectivity index (χ1) is 19.4. The molecule has 3 aliphatic heterocycles. The minimum atomic E-state index is -0.431. The molecule has 206 valence electrons. The molecule has 0 spiro atoms. The Hall–Kier alpha value is -4.41. The number of hydrogen-bond acceptors (Lipinski definition) is 7. The van der Waals surface area contributed by atoms with Gasteiger partial charge in [-0.15, -0.1) is 0 Å². The maximum atomic E-state index is 13.9. The van der Waals surface area contributed by atoms with Gasteiger partial charge >= 0.3 is 0 Å². The number of ether oxygens (including phenoxy) is 2. The highest BCUT2D eigenvalue weighted by Gasteiger charge is 2.30. The fraction of sp³-hybridized carbons (Fsp3) is 0.267. The molecule has 0 bridgehead atoms. The number of nitrogens with zero attached hydrogens (tertiary/aromatic N) is 3. The number of nitrogens with one attached hydrogen (secondary N) is 2. The van der Waals surface area contributed by atoms with Crippen molar-refractivity contribution in [2.75, 3.05) is 69.1 Å². The minimum absolute atomic E-state index is 0.0277. The summed E-state index contributed by atoms with van der Waals surface area (Å²) in [4.78, 5) is 32.2. The van der Waals surface area contributed by atoms with Crippen molar-refractivity contribution >= 4 is 40.1 Å². The average Bonchev–Trinajstić information content (AvgIpc) is 3.55. The van der Waals surface area contributed by atoms with Crippen molar-refractivity contribution in [3.05, 3.63) is 77.6 Å². The molecular formula is C30H30FN5O4. The molecule has 3 heterocycles. The van der Waals surface area contributed by atoms with E-state index in [-0.39, 0.29) is 18.6 Å². The van der Waals surface area contributed by atoms with E-state index in [1.165, 1.54) is 12.1 Å². The third-order valence-electron chi connectivity index (χ3n) is 7.49. The molecule has 0 atom stereocenters. The lowest BCUT2D eigenvalue weighted by Gasteiger charge is -2.32. The summed E-state index contributed by atoms with van der Waals surface area (Å²) in [5.74, 6) is 0.456. The number of likely N-dealkylation sites (N-methyl/N-ethyl adjacent to an activating group) is 2. The average molecular weight is 544 g/mol. The summed E-state index contributed by atoms with van der Waals surface area (Å²) in [7, 11) is 3.87. The molecule has 0 radical (unpaired) electrons. The summed E-state index contributed by atoms with van der Waals surface area (Å²) in [5, 5.41) is 6.16. The van der Waals surface area contributed by atoms with Gasteiger partial charge in [0.05, 0.1) is 23.5 Å². The van der Waals surface area contributed by atoms with Crippen LogP contribution in [0.5, 0.6) is 11.5 Å². The van der Waals surface area contributed by atoms with Gasteiger partial charge in [0.15, 0.2) is 11.5 Å². The molecule has 3 aromatic rings. The SMILES string of the molecule is CN1CCN(CC(=O)N(C)c2ccc(NC(=C3C(=O)Nc4cc(F)ccc43)c3ccc4c(c3)OCO4)cc2)CC1. The second kappa shape index (κ2) is 10.6. The Morgan fingerprint density at radius 2 is 1.75 bits per heavy atom. The Kier molecular flexibility index (Phi) is 6.87. The summed E-state index contributed by atoms with van der Waals surface area (Å²) < 4.78 is 24.9. The van der Waals surface area contributed by atoms with Gasteiger partial charge in [-0.25, -0.2) is 4.39 Å². The zero-order valence-corrected chi connectivity index (χ0v) is 22.4. The molecule has 3 aromatic carbocycles. The number of carbonyl (C=O) groups excluding carboxylic acids is 2. The van der Waals surface area contributed by atoms with Gasteiger partial charge in [0.1, 0.15) is 5.82 Å². The fourth-order valence-electron chi connectivity index (χ4n) is 5.08. The van der Waals surface area contributed by atoms with Crippen LogP contribution >= 0.6 is 0 Å². The van der Waals surface area contributed by atoms with Crippen LogP contribution in [-0.4, -0.2) is 75.2 Å². The first kappa shape index (κ1) is 25.8. The lowest BCUT2D eigenvalue weighted by Crippen LogP contribution is -2.48. The van der Waals surface area contributed by atoms with Crippen molar-refractivity contribution in [2.24, 2.45) is 0 Å². The molecular weight excluding hydrogens is 513 g/mol. The smallest absolute Gasteiger partial charge is 0.258 e. The number of fused-ring (bicyclic) bond motifs is 2. The van der Waals surface area contributed by atoms with Crippen molar-refractivity contribution in [1.29, 1.82) is 0 Å². The molecule has 0 aliphatic carbocycles. The van der Waals surface area contributed by atoms with Crippen molar-refractivity contribution in [1.82, 2.24) is 9.80 Å². The topological polar surface area (TPSA) is 86.4 Å². The summed E-state index contributed by atoms with van der Waals surface area (Å²) in [6, 6.07) is 17.1. The molecule has 0 aromatic heterocycles. The number of anilines is 3. The van der Waals surface area contributed by atoms with Crippen LogP contribution in [0.25, 0.3) is 11.3 Å². The van der Waals surface area contributed by atoms with E-state index in [2.05, 4.69) is 27.5 Å². The predicted molar refractivity (Wildman–Crippen MR) is 152 cm³/mol. The van der Waals surface area contributed by atoms with Crippen LogP contribution < -0.4 is 25.0 Å². The molecule has 9 nitrogen and oxygen atoms in total. The molecule has 40 heavy (non-hydrogen) atoms. The van der Waals surface area contributed by atoms with E-state index in [0.29, 0.717) is 51.8 Å². The molecule has 1 saturated heterocycles. The molecule has 2 amide bonds. The Morgan fingerprint density at radius 1 is 1.00 bits per heavy atom. The fourth-order valence-corrected chi connectivity index (χ4v) is 5.08. The van der Waals surface area contributed by atoms with E-state index >= 15 is 0 Å². The zero-order chi connectivity index (χ0) is 27.8. The van der Waals surface area contributed by atoms with E-state index in [1.54, 1.807) is 24.1 Å². The third-order valence-corrected chi connectivity index (χ3v) is 7.49. The second-order valence-electron chi connectivity index (χ2n) is 10.2. The van der Waals surface area contributed by atoms with Gasteiger partial charge < -0.3 is 29.9 Å². The Balaban J connectivity index is 1.28. The number of carbonyl (C=O) groups is 2. The summed E-state index contributed by atoms with van der Waals surface area (Å²) in [5.41, 5.74) is 4.11. The normalized spacial score (nSPS) is 17.8. The van der Waals surface area contributed by atoms with Crippen molar-refractivity contribution in [3.8, 4) is 11.5 Å². The highest BCUT2D eigenvalue weighted by atomic mass is 19.1. The Labute approximate surface area is 231 Å². The van der Waals surface area contributed by atoms with Crippen LogP contribution in [0.4, 0.5) is 21.5 Å². The van der Waals surface area contributed by atoms with Gasteiger partial charge in [-0.3, -0.25) is 14.5 Å². The first-order valence-corrected chi connectivity index (χ1v) is 13.2. The number of halogens is 1. The lowest BCUT2D eigenvalue weighted by molar-refractivity contribution is -0.119. The molecule has 6 rings (SSSR count). The monoisotopic (exact) mass is 543 g/mol. The standard InChI is InChI=1S/C30H30FN5O4/c1-34-11-13-36(14-12-34)17-27(37)35(2)22-7-5-21(6-8-22)32-29(19-3-10-25-26(15-19)40-18-39-25)28-23-9-4-20(31)16-24(23)33-30(28)38/h3-10,15-16,32H,11-14,17-18H2,1-2H3,(H,33,38). The molecule has 0 unspecified atom stereocenters. The highest BCUT2D eigenvalue weighted by Crippen LogP contribution is 2.41. The summed E-state index contributed by atoms with van der Waals surface area (Å²) in [6.45, 7) is 4.16. The third kappa shape index (κ3) is 5.11. The predicted octanol–water partition coefficient (Wildman–Crippen LogP) is 3.70. The van der Waals surface area contributed by atoms with E-state index in [1.807, 2.05) is 36.4 Å². The molecule has 10 heteroatoms. The van der Waals surface area contributed by atoms with E-state index in [9.17, 15) is 14.0 Å². The lowest BCUT2D eigenvalue weighted by atomic mass is 9.99. The van der Waals surface area contributed by atoms with Crippen LogP contribution in [0.2, 0.25) is 0 Å². The number of benzene rings is 3. The van der Waals surface area contributed by atoms with Gasteiger partial charge in [0.2, 0.25) is 12.7 Å². The van der Waals surface area contributed by atoms with Gasteiger partial charge in [-0.1, -0.05) is 0 Å². The van der Waals surface area contributed by atoms with Crippen molar-refractivity contribution in [3.63, 3.8) is 0 Å². The number of amides is 2. The van der Waals surface area contributed by atoms with Gasteiger partial charge in [-0.05, 0) is 67.7 Å². The van der Waals surface area contributed by atoms with Crippen LogP contribution in [-0.2, 0) is 9.59 Å². The minimum Gasteiger partial charge on any atom is -0.454 e. The van der Waals surface area contributed by atoms with E-state index < -0.39 is 5.82 Å². The number of piperazine rings is 1. The Bertz CT molecular complexity index is 1500. The number of hydrogen-bond donors (Lipinski definition) is 2. The van der Waals surface area contributed by atoms with Crippen molar-refractivity contribution < 1.29 is 23.5 Å². The largest absolute Gasteiger partial charge is 0.454 e. The van der Waals surface area contributed by atoms with Crippen LogP contribution in [0.1, 0.15) is 11.1 Å². The van der Waals surface area contributed by atoms with Crippen molar-refractivity contribution in [2.45, 2.75) is 0 Å². The van der Waals surface area contributed by atoms with E-state index in [4.69, 9.17) is 9.47 Å². The first-order valence-electron chi connectivity index (χ1n) is 13.2. The van der Waals surface area contributed by atoms with Gasteiger partial charge in [0.25, 0.3) is 5.91 Å².